The molecular weight excluding hydrogens is 378 g/mol. The second kappa shape index (κ2) is 7.21. The molecule has 0 saturated heterocycles. The van der Waals surface area contributed by atoms with E-state index >= 15 is 0 Å². The average molecular weight is 389 g/mol. The monoisotopic (exact) mass is 389 g/mol. The number of aliphatic imine (C=N–C) groups is 1. The minimum absolute atomic E-state index is 0.0591. The average Bonchev–Trinajstić information content (AvgIpc) is 3.46. The fraction of sp³-hybridized carbons (Fsp3) is 0. The number of rotatable bonds is 5. The number of non-ortho nitro benzene ring substituents is 1. The summed E-state index contributed by atoms with van der Waals surface area (Å²) >= 11 is 0. The molecule has 4 rings (SSSR count). The molecule has 9 heteroatoms. The molecule has 9 nitrogen and oxygen atoms in total. The first-order valence-corrected chi connectivity index (χ1v) is 8.24. The summed E-state index contributed by atoms with van der Waals surface area (Å²) in [5.74, 6) is 0.735. The molecule has 1 N–H and O–H groups in total. The number of nitro benzene ring substituents is 1. The van der Waals surface area contributed by atoms with Crippen LogP contribution in [0.15, 0.2) is 73.2 Å². The highest BCUT2D eigenvalue weighted by Gasteiger charge is 2.26. The third-order valence-electron chi connectivity index (χ3n) is 4.06. The molecule has 0 bridgehead atoms. The van der Waals surface area contributed by atoms with Crippen LogP contribution >= 0.6 is 0 Å². The van der Waals surface area contributed by atoms with Crippen molar-refractivity contribution in [1.82, 2.24) is 0 Å². The van der Waals surface area contributed by atoms with E-state index in [1.54, 1.807) is 24.3 Å². The molecular formula is C20H11N3O6. The van der Waals surface area contributed by atoms with E-state index in [-0.39, 0.29) is 34.2 Å². The molecule has 0 aliphatic rings. The molecule has 142 valence electrons. The number of phenols is 1. The molecule has 0 radical (unpaired) electrons. The van der Waals surface area contributed by atoms with Crippen LogP contribution in [0, 0.1) is 21.4 Å². The third kappa shape index (κ3) is 3.26. The van der Waals surface area contributed by atoms with Gasteiger partial charge in [-0.15, -0.1) is 0 Å². The fourth-order valence-electron chi connectivity index (χ4n) is 2.74. The van der Waals surface area contributed by atoms with Crippen molar-refractivity contribution in [1.29, 1.82) is 5.26 Å². The van der Waals surface area contributed by atoms with Crippen LogP contribution in [0.25, 0.3) is 22.8 Å². The van der Waals surface area contributed by atoms with Crippen LogP contribution < -0.4 is 0 Å². The second-order valence-corrected chi connectivity index (χ2v) is 5.81. The molecule has 0 aliphatic heterocycles. The van der Waals surface area contributed by atoms with Gasteiger partial charge in [0, 0.05) is 23.9 Å². The Bertz CT molecular complexity index is 1240. The van der Waals surface area contributed by atoms with Gasteiger partial charge in [-0.25, -0.2) is 4.99 Å². The Kier molecular flexibility index (Phi) is 4.43. The lowest BCUT2D eigenvalue weighted by molar-refractivity contribution is -0.384. The summed E-state index contributed by atoms with van der Waals surface area (Å²) < 4.78 is 16.6. The van der Waals surface area contributed by atoms with E-state index in [1.165, 1.54) is 30.9 Å². The van der Waals surface area contributed by atoms with Gasteiger partial charge < -0.3 is 18.4 Å². The van der Waals surface area contributed by atoms with Crippen LogP contribution in [-0.2, 0) is 0 Å². The number of hydrogen-bond acceptors (Lipinski definition) is 8. The zero-order valence-corrected chi connectivity index (χ0v) is 14.6. The molecule has 29 heavy (non-hydrogen) atoms. The number of nitro groups is 1. The third-order valence-corrected chi connectivity index (χ3v) is 4.06. The van der Waals surface area contributed by atoms with Gasteiger partial charge in [0.1, 0.15) is 23.1 Å². The maximum absolute atomic E-state index is 10.9. The van der Waals surface area contributed by atoms with Gasteiger partial charge >= 0.3 is 0 Å². The van der Waals surface area contributed by atoms with Crippen LogP contribution in [0.2, 0.25) is 0 Å². The van der Waals surface area contributed by atoms with Crippen molar-refractivity contribution in [2.75, 3.05) is 0 Å². The number of nitriles is 1. The highest BCUT2D eigenvalue weighted by atomic mass is 16.6. The Morgan fingerprint density at radius 1 is 1.14 bits per heavy atom. The number of hydrogen-bond donors (Lipinski definition) is 1. The van der Waals surface area contributed by atoms with Gasteiger partial charge in [0.2, 0.25) is 5.88 Å². The van der Waals surface area contributed by atoms with Crippen molar-refractivity contribution in [3.05, 3.63) is 76.2 Å². The summed E-state index contributed by atoms with van der Waals surface area (Å²) in [5, 5.41) is 30.6. The number of phenolic OH excluding ortho intramolecular Hbond substituents is 1. The molecule has 0 unspecified atom stereocenters. The van der Waals surface area contributed by atoms with Crippen LogP contribution in [0.5, 0.6) is 5.75 Å². The van der Waals surface area contributed by atoms with Crippen LogP contribution in [0.4, 0.5) is 11.6 Å². The largest absolute Gasteiger partial charge is 0.507 e. The predicted molar refractivity (Wildman–Crippen MR) is 101 cm³/mol. The topological polar surface area (TPSA) is 139 Å². The van der Waals surface area contributed by atoms with E-state index < -0.39 is 4.92 Å². The number of furan rings is 3. The second-order valence-electron chi connectivity index (χ2n) is 5.81. The molecule has 0 amide bonds. The molecule has 0 fully saturated rings. The van der Waals surface area contributed by atoms with Gasteiger partial charge in [0.25, 0.3) is 5.69 Å². The first-order valence-electron chi connectivity index (χ1n) is 8.24. The smallest absolute Gasteiger partial charge is 0.270 e. The van der Waals surface area contributed by atoms with Crippen molar-refractivity contribution < 1.29 is 23.3 Å². The highest BCUT2D eigenvalue weighted by molar-refractivity contribution is 5.89. The zero-order valence-electron chi connectivity index (χ0n) is 14.6. The fourth-order valence-corrected chi connectivity index (χ4v) is 2.74. The number of nitrogens with zero attached hydrogens (tertiary/aromatic N) is 3. The Labute approximate surface area is 162 Å². The van der Waals surface area contributed by atoms with E-state index in [0.717, 1.165) is 6.07 Å². The van der Waals surface area contributed by atoms with Gasteiger partial charge in [-0.3, -0.25) is 10.1 Å². The van der Waals surface area contributed by atoms with Crippen molar-refractivity contribution in [3.63, 3.8) is 0 Å². The Hall–Kier alpha value is -4.58. The van der Waals surface area contributed by atoms with E-state index in [0.29, 0.717) is 17.1 Å². The summed E-state index contributed by atoms with van der Waals surface area (Å²) in [4.78, 5) is 14.5. The SMILES string of the molecule is N#Cc1c(N=Cc2cc([N+](=O)[O-])ccc2O)oc(-c2ccco2)c1-c1ccco1. The molecule has 1 aromatic carbocycles. The molecule has 4 aromatic rings. The van der Waals surface area contributed by atoms with Crippen molar-refractivity contribution in [2.45, 2.75) is 0 Å². The quantitative estimate of drug-likeness (QED) is 0.287. The van der Waals surface area contributed by atoms with Gasteiger partial charge in [0.15, 0.2) is 11.5 Å². The maximum atomic E-state index is 10.9. The summed E-state index contributed by atoms with van der Waals surface area (Å²) in [6.07, 6.45) is 4.10. The molecule has 0 saturated carbocycles. The van der Waals surface area contributed by atoms with E-state index in [1.807, 2.05) is 6.07 Å². The Morgan fingerprint density at radius 3 is 2.48 bits per heavy atom. The van der Waals surface area contributed by atoms with Gasteiger partial charge in [-0.05, 0) is 30.3 Å². The highest BCUT2D eigenvalue weighted by Crippen LogP contribution is 2.42. The molecule has 0 spiro atoms. The number of benzene rings is 1. The predicted octanol–water partition coefficient (Wildman–Crippen LogP) is 5.04. The van der Waals surface area contributed by atoms with Gasteiger partial charge in [-0.1, -0.05) is 0 Å². The summed E-state index contributed by atoms with van der Waals surface area (Å²) in [7, 11) is 0. The summed E-state index contributed by atoms with van der Waals surface area (Å²) in [6.45, 7) is 0. The minimum Gasteiger partial charge on any atom is -0.507 e. The zero-order chi connectivity index (χ0) is 20.4. The maximum Gasteiger partial charge on any atom is 0.270 e. The first-order chi connectivity index (χ1) is 14.1. The van der Waals surface area contributed by atoms with Crippen LogP contribution in [0.1, 0.15) is 11.1 Å². The van der Waals surface area contributed by atoms with Crippen LogP contribution in [-0.4, -0.2) is 16.2 Å². The van der Waals surface area contributed by atoms with Crippen molar-refractivity contribution in [3.8, 4) is 34.7 Å². The molecule has 0 aliphatic carbocycles. The Morgan fingerprint density at radius 2 is 1.86 bits per heavy atom. The standard InChI is InChI=1S/C20H11N3O6/c21-10-14-18(16-3-1-7-27-16)19(17-4-2-8-28-17)29-20(14)22-11-12-9-13(23(25)26)5-6-15(12)24/h1-9,11,24H. The summed E-state index contributed by atoms with van der Waals surface area (Å²) in [6, 6.07) is 12.2. The molecule has 3 aromatic heterocycles. The lowest BCUT2D eigenvalue weighted by atomic mass is 10.1. The normalized spacial score (nSPS) is 11.0. The number of aromatic hydroxyl groups is 1. The van der Waals surface area contributed by atoms with Gasteiger partial charge in [0.05, 0.1) is 23.0 Å². The lowest BCUT2D eigenvalue weighted by Crippen LogP contribution is -1.90. The van der Waals surface area contributed by atoms with Crippen LogP contribution in [0.3, 0.4) is 0 Å². The van der Waals surface area contributed by atoms with Crippen molar-refractivity contribution in [2.24, 2.45) is 4.99 Å². The van der Waals surface area contributed by atoms with E-state index in [2.05, 4.69) is 4.99 Å². The Balaban J connectivity index is 1.84. The first kappa shape index (κ1) is 17.8. The van der Waals surface area contributed by atoms with E-state index in [4.69, 9.17) is 13.3 Å². The van der Waals surface area contributed by atoms with E-state index in [9.17, 15) is 20.5 Å². The lowest BCUT2D eigenvalue weighted by Gasteiger charge is -1.98. The van der Waals surface area contributed by atoms with Gasteiger partial charge in [-0.2, -0.15) is 5.26 Å². The molecule has 3 heterocycles. The molecule has 0 atom stereocenters. The minimum atomic E-state index is -0.589. The summed E-state index contributed by atoms with van der Waals surface area (Å²) in [5.41, 5.74) is 0.339. The van der Waals surface area contributed by atoms with Crippen molar-refractivity contribution >= 4 is 17.8 Å².